The third-order valence-corrected chi connectivity index (χ3v) is 5.76. The highest BCUT2D eigenvalue weighted by atomic mass is 35.5. The standard InChI is InChI=1S/C23H18ClN3O2S/c24-16-8-6-15(7-9-16)19-10-11-20(29-19)22-21(18-5-1-2-12-25-18)26-23(30)27(22)14-17-4-3-13-28-17/h1-13,21-22H,14H2,(H,26,30)/t21-,22-/m0/s1. The number of rotatable bonds is 5. The van der Waals surface area contributed by atoms with Crippen LogP contribution in [0.3, 0.4) is 0 Å². The minimum Gasteiger partial charge on any atom is -0.467 e. The second-order valence-electron chi connectivity index (χ2n) is 7.04. The lowest BCUT2D eigenvalue weighted by molar-refractivity contribution is 0.253. The van der Waals surface area contributed by atoms with E-state index in [4.69, 9.17) is 32.7 Å². The molecular formula is C23H18ClN3O2S. The molecule has 0 unspecified atom stereocenters. The van der Waals surface area contributed by atoms with Gasteiger partial charge >= 0.3 is 0 Å². The Morgan fingerprint density at radius 1 is 1.03 bits per heavy atom. The van der Waals surface area contributed by atoms with Crippen LogP contribution in [0.2, 0.25) is 5.02 Å². The van der Waals surface area contributed by atoms with Crippen molar-refractivity contribution in [3.8, 4) is 11.3 Å². The molecule has 2 atom stereocenters. The van der Waals surface area contributed by atoms with E-state index in [1.54, 1.807) is 12.5 Å². The first-order valence-corrected chi connectivity index (χ1v) is 10.3. The summed E-state index contributed by atoms with van der Waals surface area (Å²) in [5.74, 6) is 2.40. The molecule has 150 valence electrons. The number of thiocarbonyl (C=S) groups is 1. The van der Waals surface area contributed by atoms with E-state index in [-0.39, 0.29) is 12.1 Å². The summed E-state index contributed by atoms with van der Waals surface area (Å²) in [7, 11) is 0. The number of pyridine rings is 1. The Hall–Kier alpha value is -3.09. The highest BCUT2D eigenvalue weighted by molar-refractivity contribution is 7.80. The summed E-state index contributed by atoms with van der Waals surface area (Å²) in [6, 6.07) is 20.9. The van der Waals surface area contributed by atoms with Gasteiger partial charge in [-0.25, -0.2) is 0 Å². The van der Waals surface area contributed by atoms with Crippen molar-refractivity contribution in [1.82, 2.24) is 15.2 Å². The smallest absolute Gasteiger partial charge is 0.170 e. The van der Waals surface area contributed by atoms with Crippen LogP contribution < -0.4 is 5.32 Å². The molecule has 1 fully saturated rings. The van der Waals surface area contributed by atoms with Crippen LogP contribution in [0.5, 0.6) is 0 Å². The van der Waals surface area contributed by atoms with E-state index in [1.807, 2.05) is 66.7 Å². The van der Waals surface area contributed by atoms with Crippen LogP contribution in [-0.4, -0.2) is 15.0 Å². The summed E-state index contributed by atoms with van der Waals surface area (Å²) in [5, 5.41) is 4.74. The molecule has 1 aliphatic heterocycles. The number of halogens is 1. The van der Waals surface area contributed by atoms with Crippen molar-refractivity contribution in [2.45, 2.75) is 18.6 Å². The molecule has 0 amide bonds. The van der Waals surface area contributed by atoms with Crippen LogP contribution in [0, 0.1) is 0 Å². The fourth-order valence-corrected chi connectivity index (χ4v) is 4.17. The van der Waals surface area contributed by atoms with Crippen molar-refractivity contribution in [2.75, 3.05) is 0 Å². The molecule has 5 rings (SSSR count). The monoisotopic (exact) mass is 435 g/mol. The van der Waals surface area contributed by atoms with E-state index in [1.165, 1.54) is 0 Å². The average molecular weight is 436 g/mol. The number of nitrogens with one attached hydrogen (secondary N) is 1. The van der Waals surface area contributed by atoms with Crippen LogP contribution in [0.4, 0.5) is 0 Å². The Morgan fingerprint density at radius 3 is 2.63 bits per heavy atom. The maximum atomic E-state index is 6.30. The lowest BCUT2D eigenvalue weighted by Gasteiger charge is -2.25. The van der Waals surface area contributed by atoms with Crippen LogP contribution in [0.1, 0.15) is 29.3 Å². The van der Waals surface area contributed by atoms with Gasteiger partial charge in [-0.05, 0) is 72.9 Å². The molecule has 0 saturated carbocycles. The quantitative estimate of drug-likeness (QED) is 0.402. The zero-order valence-corrected chi connectivity index (χ0v) is 17.4. The zero-order chi connectivity index (χ0) is 20.5. The van der Waals surface area contributed by atoms with Gasteiger partial charge in [0.25, 0.3) is 0 Å². The average Bonchev–Trinajstić information content (AvgIpc) is 3.51. The molecule has 0 aliphatic carbocycles. The van der Waals surface area contributed by atoms with Crippen LogP contribution >= 0.6 is 23.8 Å². The van der Waals surface area contributed by atoms with Crippen molar-refractivity contribution in [2.24, 2.45) is 0 Å². The minimum absolute atomic E-state index is 0.141. The minimum atomic E-state index is -0.168. The van der Waals surface area contributed by atoms with E-state index in [9.17, 15) is 0 Å². The van der Waals surface area contributed by atoms with Gasteiger partial charge in [-0.2, -0.15) is 0 Å². The SMILES string of the molecule is S=C1N[C@@H](c2ccccn2)[C@H](c2ccc(-c3ccc(Cl)cc3)o2)N1Cc1ccco1. The summed E-state index contributed by atoms with van der Waals surface area (Å²) < 4.78 is 11.9. The largest absolute Gasteiger partial charge is 0.467 e. The van der Waals surface area contributed by atoms with Gasteiger partial charge in [0.1, 0.15) is 23.3 Å². The number of aromatic nitrogens is 1. The molecule has 1 N–H and O–H groups in total. The number of hydrogen-bond acceptors (Lipinski definition) is 4. The van der Waals surface area contributed by atoms with Crippen LogP contribution in [0.15, 0.2) is 88.0 Å². The molecule has 0 radical (unpaired) electrons. The second kappa shape index (κ2) is 7.97. The molecule has 0 spiro atoms. The second-order valence-corrected chi connectivity index (χ2v) is 7.87. The van der Waals surface area contributed by atoms with Gasteiger partial charge in [-0.15, -0.1) is 0 Å². The van der Waals surface area contributed by atoms with Crippen molar-refractivity contribution in [3.05, 3.63) is 101 Å². The van der Waals surface area contributed by atoms with Crippen molar-refractivity contribution < 1.29 is 8.83 Å². The number of furan rings is 2. The normalized spacial score (nSPS) is 18.6. The molecule has 0 bridgehead atoms. The summed E-state index contributed by atoms with van der Waals surface area (Å²) in [4.78, 5) is 6.63. The molecule has 3 aromatic heterocycles. The molecule has 30 heavy (non-hydrogen) atoms. The van der Waals surface area contributed by atoms with E-state index < -0.39 is 0 Å². The van der Waals surface area contributed by atoms with Gasteiger partial charge in [-0.3, -0.25) is 4.98 Å². The molecule has 7 heteroatoms. The van der Waals surface area contributed by atoms with Crippen LogP contribution in [-0.2, 0) is 6.54 Å². The predicted octanol–water partition coefficient (Wildman–Crippen LogP) is 5.76. The van der Waals surface area contributed by atoms with Gasteiger partial charge in [0.05, 0.1) is 24.5 Å². The number of benzene rings is 1. The third kappa shape index (κ3) is 3.60. The van der Waals surface area contributed by atoms with Crippen molar-refractivity contribution in [3.63, 3.8) is 0 Å². The molecule has 1 saturated heterocycles. The molecular weight excluding hydrogens is 418 g/mol. The summed E-state index contributed by atoms with van der Waals surface area (Å²) in [6.07, 6.45) is 3.45. The van der Waals surface area contributed by atoms with Gasteiger partial charge < -0.3 is 19.1 Å². The third-order valence-electron chi connectivity index (χ3n) is 5.15. The first-order valence-electron chi connectivity index (χ1n) is 9.55. The zero-order valence-electron chi connectivity index (χ0n) is 15.9. The molecule has 1 aromatic carbocycles. The molecule has 4 aromatic rings. The van der Waals surface area contributed by atoms with E-state index in [0.717, 1.165) is 28.5 Å². The Kier molecular flexibility index (Phi) is 5.02. The maximum Gasteiger partial charge on any atom is 0.170 e. The molecule has 5 nitrogen and oxygen atoms in total. The number of nitrogens with zero attached hydrogens (tertiary/aromatic N) is 2. The summed E-state index contributed by atoms with van der Waals surface area (Å²) >= 11 is 11.7. The van der Waals surface area contributed by atoms with Crippen LogP contribution in [0.25, 0.3) is 11.3 Å². The highest BCUT2D eigenvalue weighted by Crippen LogP contribution is 2.41. The topological polar surface area (TPSA) is 54.4 Å². The Morgan fingerprint density at radius 2 is 1.90 bits per heavy atom. The van der Waals surface area contributed by atoms with Gasteiger partial charge in [0.2, 0.25) is 0 Å². The first kappa shape index (κ1) is 18.9. The highest BCUT2D eigenvalue weighted by Gasteiger charge is 2.42. The molecule has 1 aliphatic rings. The van der Waals surface area contributed by atoms with Gasteiger partial charge in [-0.1, -0.05) is 17.7 Å². The van der Waals surface area contributed by atoms with Gasteiger partial charge in [0, 0.05) is 16.8 Å². The predicted molar refractivity (Wildman–Crippen MR) is 119 cm³/mol. The number of hydrogen-bond donors (Lipinski definition) is 1. The van der Waals surface area contributed by atoms with E-state index in [0.29, 0.717) is 16.7 Å². The Labute approximate surface area is 184 Å². The first-order chi connectivity index (χ1) is 14.7. The lowest BCUT2D eigenvalue weighted by atomic mass is 10.0. The van der Waals surface area contributed by atoms with Gasteiger partial charge in [0.15, 0.2) is 5.11 Å². The lowest BCUT2D eigenvalue weighted by Crippen LogP contribution is -2.28. The van der Waals surface area contributed by atoms with Crippen molar-refractivity contribution in [1.29, 1.82) is 0 Å². The van der Waals surface area contributed by atoms with E-state index >= 15 is 0 Å². The summed E-state index contributed by atoms with van der Waals surface area (Å²) in [5.41, 5.74) is 1.86. The molecule has 4 heterocycles. The fourth-order valence-electron chi connectivity index (χ4n) is 3.74. The van der Waals surface area contributed by atoms with Crippen molar-refractivity contribution >= 4 is 28.9 Å². The maximum absolute atomic E-state index is 6.30. The Balaban J connectivity index is 1.53. The van der Waals surface area contributed by atoms with E-state index in [2.05, 4.69) is 15.2 Å². The Bertz CT molecular complexity index is 1140. The summed E-state index contributed by atoms with van der Waals surface area (Å²) in [6.45, 7) is 0.532. The fraction of sp³-hybridized carbons (Fsp3) is 0.130.